The fourth-order valence-electron chi connectivity index (χ4n) is 2.47. The van der Waals surface area contributed by atoms with Crippen molar-refractivity contribution in [1.29, 1.82) is 0 Å². The highest BCUT2D eigenvalue weighted by atomic mass is 16.7. The highest BCUT2D eigenvalue weighted by Gasteiger charge is 2.51. The Morgan fingerprint density at radius 3 is 2.14 bits per heavy atom. The lowest BCUT2D eigenvalue weighted by Crippen LogP contribution is -2.41. The summed E-state index contributed by atoms with van der Waals surface area (Å²) >= 11 is 0. The largest absolute Gasteiger partial charge is 0.494 e. The van der Waals surface area contributed by atoms with Crippen LogP contribution in [-0.4, -0.2) is 27.9 Å². The first-order valence-corrected chi connectivity index (χ1v) is 7.81. The minimum Gasteiger partial charge on any atom is -0.399 e. The molecule has 2 heterocycles. The van der Waals surface area contributed by atoms with E-state index in [4.69, 9.17) is 9.31 Å². The van der Waals surface area contributed by atoms with Crippen molar-refractivity contribution in [2.45, 2.75) is 52.2 Å². The summed E-state index contributed by atoms with van der Waals surface area (Å²) in [6.45, 7) is 10.4. The minimum atomic E-state index is -0.312. The first-order valence-electron chi connectivity index (χ1n) is 7.81. The van der Waals surface area contributed by atoms with Gasteiger partial charge < -0.3 is 13.9 Å². The van der Waals surface area contributed by atoms with Crippen molar-refractivity contribution >= 4 is 12.6 Å². The van der Waals surface area contributed by atoms with Crippen molar-refractivity contribution in [3.8, 4) is 5.69 Å². The van der Waals surface area contributed by atoms with Gasteiger partial charge in [0.2, 0.25) is 0 Å². The molecule has 116 valence electrons. The lowest BCUT2D eigenvalue weighted by atomic mass is 9.79. The molecule has 1 aliphatic rings. The molecule has 1 aromatic heterocycles. The molecule has 0 aliphatic carbocycles. The van der Waals surface area contributed by atoms with Crippen molar-refractivity contribution < 1.29 is 9.31 Å². The van der Waals surface area contributed by atoms with Gasteiger partial charge >= 0.3 is 7.12 Å². The molecule has 0 spiro atoms. The van der Waals surface area contributed by atoms with E-state index in [0.29, 0.717) is 0 Å². The molecule has 2 aromatic rings. The van der Waals surface area contributed by atoms with E-state index in [2.05, 4.69) is 70.1 Å². The van der Waals surface area contributed by atoms with Gasteiger partial charge in [0.15, 0.2) is 0 Å². The summed E-state index contributed by atoms with van der Waals surface area (Å²) in [7, 11) is -0.312. The van der Waals surface area contributed by atoms with Crippen molar-refractivity contribution in [2.75, 3.05) is 0 Å². The van der Waals surface area contributed by atoms with E-state index in [1.54, 1.807) is 0 Å². The minimum absolute atomic E-state index is 0.309. The Morgan fingerprint density at radius 1 is 1.05 bits per heavy atom. The fourth-order valence-corrected chi connectivity index (χ4v) is 2.47. The van der Waals surface area contributed by atoms with Crippen LogP contribution in [-0.2, 0) is 15.7 Å². The zero-order chi connectivity index (χ0) is 16.0. The number of hydrogen-bond acceptors (Lipinski definition) is 3. The standard InChI is InChI=1S/C17H23BN2O2/c1-6-14-11-20(12-19-14)15-9-7-13(8-10-15)18-21-16(2,3)17(4,5)22-18/h7-12H,6H2,1-5H3. The number of aryl methyl sites for hydroxylation is 1. The van der Waals surface area contributed by atoms with Crippen LogP contribution in [0.1, 0.15) is 40.3 Å². The van der Waals surface area contributed by atoms with E-state index >= 15 is 0 Å². The van der Waals surface area contributed by atoms with Crippen molar-refractivity contribution in [2.24, 2.45) is 0 Å². The average Bonchev–Trinajstić information content (AvgIpc) is 3.02. The number of hydrogen-bond donors (Lipinski definition) is 0. The molecular weight excluding hydrogens is 275 g/mol. The van der Waals surface area contributed by atoms with E-state index in [1.807, 2.05) is 10.9 Å². The molecule has 1 fully saturated rings. The van der Waals surface area contributed by atoms with Gasteiger partial charge in [0.1, 0.15) is 0 Å². The van der Waals surface area contributed by atoms with Gasteiger partial charge in [-0.2, -0.15) is 0 Å². The van der Waals surface area contributed by atoms with E-state index < -0.39 is 0 Å². The molecule has 0 bridgehead atoms. The number of imidazole rings is 1. The summed E-state index contributed by atoms with van der Waals surface area (Å²) in [5.74, 6) is 0. The summed E-state index contributed by atoms with van der Waals surface area (Å²) in [5.41, 5.74) is 2.61. The molecule has 1 aliphatic heterocycles. The maximum absolute atomic E-state index is 6.08. The number of nitrogens with zero attached hydrogens (tertiary/aromatic N) is 2. The topological polar surface area (TPSA) is 36.3 Å². The van der Waals surface area contributed by atoms with Gasteiger partial charge in [-0.1, -0.05) is 19.1 Å². The van der Waals surface area contributed by atoms with E-state index in [9.17, 15) is 0 Å². The van der Waals surface area contributed by atoms with Crippen LogP contribution in [0.15, 0.2) is 36.8 Å². The SMILES string of the molecule is CCc1cn(-c2ccc(B3OC(C)(C)C(C)(C)O3)cc2)cn1. The molecule has 0 radical (unpaired) electrons. The van der Waals surface area contributed by atoms with Gasteiger partial charge in [0.25, 0.3) is 0 Å². The fraction of sp³-hybridized carbons (Fsp3) is 0.471. The summed E-state index contributed by atoms with van der Waals surface area (Å²) in [6.07, 6.45) is 4.85. The lowest BCUT2D eigenvalue weighted by Gasteiger charge is -2.32. The van der Waals surface area contributed by atoms with Crippen molar-refractivity contribution in [3.63, 3.8) is 0 Å². The van der Waals surface area contributed by atoms with Crippen LogP contribution >= 0.6 is 0 Å². The zero-order valence-electron chi connectivity index (χ0n) is 14.0. The Balaban J connectivity index is 1.81. The summed E-state index contributed by atoms with van der Waals surface area (Å²) in [5, 5.41) is 0. The Hall–Kier alpha value is -1.59. The molecule has 0 atom stereocenters. The average molecular weight is 298 g/mol. The summed E-state index contributed by atoms with van der Waals surface area (Å²) < 4.78 is 14.2. The van der Waals surface area contributed by atoms with Gasteiger partial charge in [-0.15, -0.1) is 0 Å². The van der Waals surface area contributed by atoms with Crippen molar-refractivity contribution in [1.82, 2.24) is 9.55 Å². The molecule has 22 heavy (non-hydrogen) atoms. The number of rotatable bonds is 3. The second-order valence-electron chi connectivity index (χ2n) is 6.81. The number of benzene rings is 1. The molecule has 1 aromatic carbocycles. The van der Waals surface area contributed by atoms with Gasteiger partial charge in [0.05, 0.1) is 23.2 Å². The molecular formula is C17H23BN2O2. The quantitative estimate of drug-likeness (QED) is 0.818. The van der Waals surface area contributed by atoms with Crippen LogP contribution in [0.3, 0.4) is 0 Å². The Bertz CT molecular complexity index is 646. The first-order chi connectivity index (χ1) is 10.3. The third-order valence-corrected chi connectivity index (χ3v) is 4.71. The van der Waals surface area contributed by atoms with E-state index in [1.165, 1.54) is 0 Å². The van der Waals surface area contributed by atoms with Crippen molar-refractivity contribution in [3.05, 3.63) is 42.5 Å². The maximum atomic E-state index is 6.08. The number of aromatic nitrogens is 2. The third-order valence-electron chi connectivity index (χ3n) is 4.71. The van der Waals surface area contributed by atoms with Crippen LogP contribution in [0, 0.1) is 0 Å². The Labute approximate surface area is 132 Å². The summed E-state index contributed by atoms with van der Waals surface area (Å²) in [4.78, 5) is 4.36. The van der Waals surface area contributed by atoms with E-state index in [-0.39, 0.29) is 18.3 Å². The maximum Gasteiger partial charge on any atom is 0.494 e. The van der Waals surface area contributed by atoms with Gasteiger partial charge in [0, 0.05) is 11.9 Å². The Kier molecular flexibility index (Phi) is 3.65. The molecule has 0 unspecified atom stereocenters. The highest BCUT2D eigenvalue weighted by molar-refractivity contribution is 6.62. The van der Waals surface area contributed by atoms with Gasteiger partial charge in [-0.25, -0.2) is 4.98 Å². The molecule has 1 saturated heterocycles. The summed E-state index contributed by atoms with van der Waals surface area (Å²) in [6, 6.07) is 8.26. The molecule has 0 amide bonds. The normalized spacial score (nSPS) is 19.6. The van der Waals surface area contributed by atoms with E-state index in [0.717, 1.165) is 23.3 Å². The predicted molar refractivity (Wildman–Crippen MR) is 88.7 cm³/mol. The van der Waals surface area contributed by atoms with Gasteiger partial charge in [-0.05, 0) is 51.7 Å². The van der Waals surface area contributed by atoms with Crippen LogP contribution < -0.4 is 5.46 Å². The predicted octanol–water partition coefficient (Wildman–Crippen LogP) is 2.73. The highest BCUT2D eigenvalue weighted by Crippen LogP contribution is 2.36. The van der Waals surface area contributed by atoms with Crippen LogP contribution in [0.5, 0.6) is 0 Å². The van der Waals surface area contributed by atoms with Crippen LogP contribution in [0.4, 0.5) is 0 Å². The zero-order valence-corrected chi connectivity index (χ0v) is 14.0. The molecule has 4 nitrogen and oxygen atoms in total. The molecule has 5 heteroatoms. The van der Waals surface area contributed by atoms with Gasteiger partial charge in [-0.3, -0.25) is 0 Å². The van der Waals surface area contributed by atoms with Crippen LogP contribution in [0.2, 0.25) is 0 Å². The van der Waals surface area contributed by atoms with Crippen LogP contribution in [0.25, 0.3) is 5.69 Å². The second-order valence-corrected chi connectivity index (χ2v) is 6.81. The second kappa shape index (κ2) is 5.25. The smallest absolute Gasteiger partial charge is 0.399 e. The third kappa shape index (κ3) is 2.59. The molecule has 3 rings (SSSR count). The molecule has 0 N–H and O–H groups in total. The molecule has 0 saturated carbocycles. The monoisotopic (exact) mass is 298 g/mol. The Morgan fingerprint density at radius 2 is 1.64 bits per heavy atom. The lowest BCUT2D eigenvalue weighted by molar-refractivity contribution is 0.00578. The first kappa shape index (κ1) is 15.3.